The first-order valence-corrected chi connectivity index (χ1v) is 12.9. The van der Waals surface area contributed by atoms with Crippen LogP contribution in [0.4, 0.5) is 11.6 Å². The minimum absolute atomic E-state index is 0. The van der Waals surface area contributed by atoms with Crippen molar-refractivity contribution in [1.29, 1.82) is 0 Å². The van der Waals surface area contributed by atoms with E-state index in [-0.39, 0.29) is 36.4 Å². The highest BCUT2D eigenvalue weighted by Crippen LogP contribution is 2.31. The zero-order chi connectivity index (χ0) is 24.8. The summed E-state index contributed by atoms with van der Waals surface area (Å²) in [5, 5.41) is 0. The first kappa shape index (κ1) is 28.6. The van der Waals surface area contributed by atoms with Crippen molar-refractivity contribution >= 4 is 27.5 Å². The Morgan fingerprint density at radius 1 is 0.943 bits per heavy atom. The average Bonchev–Trinajstić information content (AvgIpc) is 3.43. The van der Waals surface area contributed by atoms with Crippen LogP contribution in [0.1, 0.15) is 0 Å². The topological polar surface area (TPSA) is 245 Å². The van der Waals surface area contributed by atoms with E-state index in [0.29, 0.717) is 13.2 Å². The lowest BCUT2D eigenvalue weighted by Crippen LogP contribution is -2.29. The summed E-state index contributed by atoms with van der Waals surface area (Å²) in [6, 6.07) is 1.23. The molecule has 0 saturated carbocycles. The van der Waals surface area contributed by atoms with Gasteiger partial charge in [-0.05, 0) is 16.7 Å². The number of ether oxygens (including phenoxy) is 4. The van der Waals surface area contributed by atoms with E-state index in [1.54, 1.807) is 12.9 Å². The zero-order valence-corrected chi connectivity index (χ0v) is 20.3. The number of rotatable bonds is 6. The number of hydrogen-bond donors (Lipinski definition) is 3. The second-order valence-corrected chi connectivity index (χ2v) is 9.76. The first-order valence-electron chi connectivity index (χ1n) is 9.87. The molecule has 0 radical (unpaired) electrons. The van der Waals surface area contributed by atoms with Crippen LogP contribution in [0.5, 0.6) is 0 Å². The average molecular weight is 536 g/mol. The van der Waals surface area contributed by atoms with Crippen LogP contribution < -0.4 is 22.8 Å². The van der Waals surface area contributed by atoms with Gasteiger partial charge in [-0.15, -0.1) is 0 Å². The van der Waals surface area contributed by atoms with Crippen molar-refractivity contribution in [2.75, 3.05) is 31.3 Å². The minimum atomic E-state index is -2.53. The third-order valence-electron chi connectivity index (χ3n) is 4.54. The van der Waals surface area contributed by atoms with Crippen LogP contribution in [0.2, 0.25) is 0 Å². The van der Waals surface area contributed by atoms with E-state index in [2.05, 4.69) is 9.97 Å². The van der Waals surface area contributed by atoms with Gasteiger partial charge in [0.2, 0.25) is 0 Å². The zero-order valence-electron chi connectivity index (χ0n) is 18.5. The fraction of sp³-hybridized carbons (Fsp3) is 0.529. The van der Waals surface area contributed by atoms with Crippen molar-refractivity contribution < 1.29 is 38.4 Å². The van der Waals surface area contributed by atoms with E-state index in [0.717, 1.165) is 0 Å². The van der Waals surface area contributed by atoms with Gasteiger partial charge in [-0.1, -0.05) is 4.57 Å². The highest BCUT2D eigenvalue weighted by Gasteiger charge is 2.40. The van der Waals surface area contributed by atoms with Crippen molar-refractivity contribution in [3.05, 3.63) is 45.5 Å². The third-order valence-corrected chi connectivity index (χ3v) is 6.03. The summed E-state index contributed by atoms with van der Waals surface area (Å²) in [5.41, 5.74) is 9.80. The Balaban J connectivity index is 0.000000240. The van der Waals surface area contributed by atoms with Gasteiger partial charge in [-0.3, -0.25) is 9.13 Å². The second-order valence-electron chi connectivity index (χ2n) is 7.22. The maximum Gasteiger partial charge on any atom is 0.569 e. The number of nitrogen functional groups attached to an aromatic ring is 2. The molecule has 2 saturated heterocycles. The maximum atomic E-state index is 11.5. The van der Waals surface area contributed by atoms with Crippen LogP contribution in [0.3, 0.4) is 0 Å². The molecule has 2 aromatic rings. The van der Waals surface area contributed by atoms with E-state index in [1.807, 2.05) is 0 Å². The molecule has 0 aromatic carbocycles. The number of hydrogen-bond acceptors (Lipinski definition) is 12. The molecule has 4 rings (SSSR count). The van der Waals surface area contributed by atoms with Gasteiger partial charge in [-0.25, -0.2) is 9.59 Å². The molecule has 6 unspecified atom stereocenters. The lowest BCUT2D eigenvalue weighted by atomic mass is 10.4. The molecule has 4 heterocycles. The number of aromatic nitrogens is 4. The Bertz CT molecular complexity index is 1070. The molecule has 0 amide bonds. The van der Waals surface area contributed by atoms with E-state index in [9.17, 15) is 18.7 Å². The maximum absolute atomic E-state index is 11.5. The molecule has 2 aromatic heterocycles. The lowest BCUT2D eigenvalue weighted by Gasteiger charge is -2.08. The Kier molecular flexibility index (Phi) is 10.5. The third kappa shape index (κ3) is 8.19. The van der Waals surface area contributed by atoms with Crippen LogP contribution in [0.15, 0.2) is 34.1 Å². The summed E-state index contributed by atoms with van der Waals surface area (Å²) >= 11 is 0. The van der Waals surface area contributed by atoms with E-state index < -0.39 is 45.4 Å². The molecular weight excluding hydrogens is 510 g/mol. The standard InChI is InChI=1S/C9H12N3O4P.C8H10N3O5P.H2O/c1-17(14)9-15-5-6(16-9)4-12-3-2-7(10)11-8(12)13;9-6-1-2-11(7(12)10-6)3-5-4-15-8(16-5)17(13)14;/h2-3,6,9H,4-5H2,1H3,(H-,10,11,13);1-2,5,8H,3-4H2,(H2-,9,10,12,13,14);1H2/p+2. The highest BCUT2D eigenvalue weighted by atomic mass is 31.1. The minimum Gasteiger partial charge on any atom is -0.412 e. The van der Waals surface area contributed by atoms with Crippen molar-refractivity contribution in [1.82, 2.24) is 19.1 Å². The molecule has 0 aliphatic carbocycles. The van der Waals surface area contributed by atoms with Crippen LogP contribution in [-0.2, 0) is 41.2 Å². The van der Waals surface area contributed by atoms with Gasteiger partial charge in [-0.2, -0.15) is 14.9 Å². The molecule has 16 nitrogen and oxygen atoms in total. The molecular formula is C17H26N6O10P2+2. The smallest absolute Gasteiger partial charge is 0.412 e. The summed E-state index contributed by atoms with van der Waals surface area (Å²) in [6.45, 7) is 2.52. The Morgan fingerprint density at radius 3 is 1.71 bits per heavy atom. The fourth-order valence-corrected chi connectivity index (χ4v) is 4.09. The molecule has 2 aliphatic heterocycles. The van der Waals surface area contributed by atoms with Crippen LogP contribution in [-0.4, -0.2) is 73.6 Å². The Hall–Kier alpha value is -2.68. The SMILES string of the molecule is C[P+](=O)C1OCC(Cn2ccc(N)nc2=O)O1.Nc1ccn(CC2COC([P+](=O)O)O2)c(=O)n1.O. The summed E-state index contributed by atoms with van der Waals surface area (Å²) in [7, 11) is -4.07. The normalized spacial score (nSPS) is 24.2. The largest absolute Gasteiger partial charge is 0.569 e. The molecule has 35 heavy (non-hydrogen) atoms. The lowest BCUT2D eigenvalue weighted by molar-refractivity contribution is -0.00205. The molecule has 7 N–H and O–H groups in total. The molecule has 2 aliphatic rings. The Morgan fingerprint density at radius 2 is 1.37 bits per heavy atom. The van der Waals surface area contributed by atoms with Gasteiger partial charge in [0.15, 0.2) is 0 Å². The van der Waals surface area contributed by atoms with Crippen molar-refractivity contribution in [2.45, 2.75) is 37.4 Å². The summed E-state index contributed by atoms with van der Waals surface area (Å²) in [4.78, 5) is 38.8. The summed E-state index contributed by atoms with van der Waals surface area (Å²) in [6.07, 6.45) is 2.30. The van der Waals surface area contributed by atoms with Gasteiger partial charge in [0.25, 0.3) is 0 Å². The van der Waals surface area contributed by atoms with Crippen molar-refractivity contribution in [3.63, 3.8) is 0 Å². The van der Waals surface area contributed by atoms with E-state index in [4.69, 9.17) is 35.3 Å². The van der Waals surface area contributed by atoms with Crippen molar-refractivity contribution in [2.24, 2.45) is 0 Å². The predicted octanol–water partition coefficient (Wildman–Crippen LogP) is -1.58. The summed E-state index contributed by atoms with van der Waals surface area (Å²) < 4.78 is 45.2. The summed E-state index contributed by atoms with van der Waals surface area (Å²) in [5.74, 6) is 0.329. The molecule has 0 bridgehead atoms. The van der Waals surface area contributed by atoms with Gasteiger partial charge in [0.1, 0.15) is 30.5 Å². The molecule has 6 atom stereocenters. The molecule has 18 heteroatoms. The second kappa shape index (κ2) is 12.9. The molecule has 192 valence electrons. The number of nitrogens with zero attached hydrogens (tertiary/aromatic N) is 4. The molecule has 2 fully saturated rings. The van der Waals surface area contributed by atoms with Gasteiger partial charge >= 0.3 is 39.3 Å². The quantitative estimate of drug-likeness (QED) is 0.353. The number of anilines is 2. The monoisotopic (exact) mass is 536 g/mol. The van der Waals surface area contributed by atoms with Gasteiger partial charge < -0.3 is 35.9 Å². The van der Waals surface area contributed by atoms with Crippen LogP contribution in [0, 0.1) is 0 Å². The van der Waals surface area contributed by atoms with Crippen LogP contribution in [0.25, 0.3) is 0 Å². The van der Waals surface area contributed by atoms with Crippen molar-refractivity contribution in [3.8, 4) is 0 Å². The molecule has 0 spiro atoms. The van der Waals surface area contributed by atoms with Crippen LogP contribution >= 0.6 is 15.8 Å². The van der Waals surface area contributed by atoms with E-state index in [1.165, 1.54) is 27.5 Å². The van der Waals surface area contributed by atoms with Gasteiger partial charge in [0, 0.05) is 12.4 Å². The van der Waals surface area contributed by atoms with E-state index >= 15 is 0 Å². The highest BCUT2D eigenvalue weighted by molar-refractivity contribution is 7.44. The fourth-order valence-electron chi connectivity index (χ4n) is 2.96. The Labute approximate surface area is 199 Å². The first-order chi connectivity index (χ1) is 16.1. The number of nitrogens with two attached hydrogens (primary N) is 2. The van der Waals surface area contributed by atoms with Gasteiger partial charge in [0.05, 0.1) is 26.3 Å². The predicted molar refractivity (Wildman–Crippen MR) is 122 cm³/mol.